The highest BCUT2D eigenvalue weighted by atomic mass is 19.4. The molecule has 1 unspecified atom stereocenters. The number of hydrogen-bond acceptors (Lipinski definition) is 7. The molecule has 1 heterocycles. The van der Waals surface area contributed by atoms with Gasteiger partial charge in [0.05, 0.1) is 24.3 Å². The third-order valence-electron chi connectivity index (χ3n) is 8.39. The van der Waals surface area contributed by atoms with E-state index in [2.05, 4.69) is 10.6 Å². The van der Waals surface area contributed by atoms with Crippen LogP contribution in [0.25, 0.3) is 0 Å². The minimum Gasteiger partial charge on any atom is -0.427 e. The molecular weight excluding hydrogens is 574 g/mol. The summed E-state index contributed by atoms with van der Waals surface area (Å²) in [5, 5.41) is 5.65. The second-order valence-corrected chi connectivity index (χ2v) is 12.1. The number of alkyl halides is 3. The van der Waals surface area contributed by atoms with Crippen LogP contribution in [0.15, 0.2) is 42.5 Å². The molecule has 2 amide bonds. The van der Waals surface area contributed by atoms with Crippen LogP contribution < -0.4 is 33.3 Å². The zero-order chi connectivity index (χ0) is 32.0. The maximum Gasteiger partial charge on any atom is 0.416 e. The summed E-state index contributed by atoms with van der Waals surface area (Å²) >= 11 is 0. The maximum atomic E-state index is 13.5. The van der Waals surface area contributed by atoms with Crippen LogP contribution >= 0.6 is 0 Å². The lowest BCUT2D eigenvalue weighted by Crippen LogP contribution is -2.50. The Balaban J connectivity index is 1.37. The number of aryl methyl sites for hydroxylation is 1. The molecule has 1 aliphatic heterocycles. The Bertz CT molecular complexity index is 1320. The van der Waals surface area contributed by atoms with Gasteiger partial charge in [0.25, 0.3) is 0 Å². The van der Waals surface area contributed by atoms with Gasteiger partial charge in [-0.25, -0.2) is 0 Å². The minimum atomic E-state index is -4.45. The van der Waals surface area contributed by atoms with Crippen molar-refractivity contribution in [1.29, 1.82) is 0 Å². The van der Waals surface area contributed by atoms with Gasteiger partial charge in [-0.3, -0.25) is 14.4 Å². The van der Waals surface area contributed by atoms with E-state index in [4.69, 9.17) is 21.9 Å². The first-order chi connectivity index (χ1) is 20.8. The van der Waals surface area contributed by atoms with Gasteiger partial charge in [0, 0.05) is 31.0 Å². The van der Waals surface area contributed by atoms with Crippen molar-refractivity contribution in [3.63, 3.8) is 0 Å². The van der Waals surface area contributed by atoms with Gasteiger partial charge in [-0.05, 0) is 72.8 Å². The summed E-state index contributed by atoms with van der Waals surface area (Å²) in [6.07, 6.45) is -1.96. The van der Waals surface area contributed by atoms with Gasteiger partial charge in [-0.2, -0.15) is 13.2 Å². The molecule has 0 bridgehead atoms. The molecule has 0 radical (unpaired) electrons. The minimum absolute atomic E-state index is 0.00904. The molecule has 238 valence electrons. The van der Waals surface area contributed by atoms with Gasteiger partial charge in [-0.1, -0.05) is 37.2 Å². The SMILES string of the molecule is CB1OCc2ccc(CC(=O)[C@@H](CCc3ccc(C(F)(F)F)cc3)NC(=O)[C@@H](N)CCC(=O)NC3C[C@@H](N)C[C@@H](N)C3)cc21. The molecule has 13 heteroatoms. The van der Waals surface area contributed by atoms with E-state index < -0.39 is 29.7 Å². The van der Waals surface area contributed by atoms with Crippen molar-refractivity contribution in [3.8, 4) is 0 Å². The molecule has 1 saturated carbocycles. The number of halogens is 3. The first kappa shape index (κ1) is 33.6. The van der Waals surface area contributed by atoms with Crippen LogP contribution in [0.3, 0.4) is 0 Å². The Morgan fingerprint density at radius 3 is 2.32 bits per heavy atom. The van der Waals surface area contributed by atoms with E-state index in [1.165, 1.54) is 12.1 Å². The van der Waals surface area contributed by atoms with Gasteiger partial charge in [0.1, 0.15) is 0 Å². The number of nitrogens with two attached hydrogens (primary N) is 3. The normalized spacial score (nSPS) is 21.3. The van der Waals surface area contributed by atoms with Crippen LogP contribution in [-0.2, 0) is 44.7 Å². The van der Waals surface area contributed by atoms with Crippen LogP contribution in [0.1, 0.15) is 60.8 Å². The summed E-state index contributed by atoms with van der Waals surface area (Å²) in [5.74, 6) is -1.10. The monoisotopic (exact) mass is 615 g/mol. The van der Waals surface area contributed by atoms with E-state index >= 15 is 0 Å². The number of benzene rings is 2. The highest BCUT2D eigenvalue weighted by Crippen LogP contribution is 2.29. The van der Waals surface area contributed by atoms with Gasteiger partial charge in [-0.15, -0.1) is 0 Å². The third kappa shape index (κ3) is 9.37. The molecule has 44 heavy (non-hydrogen) atoms. The summed E-state index contributed by atoms with van der Waals surface area (Å²) in [4.78, 5) is 39.1. The summed E-state index contributed by atoms with van der Waals surface area (Å²) < 4.78 is 44.6. The quantitative estimate of drug-likeness (QED) is 0.227. The lowest BCUT2D eigenvalue weighted by Gasteiger charge is -2.31. The number of nitrogens with one attached hydrogen (secondary N) is 2. The van der Waals surface area contributed by atoms with Gasteiger partial charge in [0.15, 0.2) is 5.78 Å². The molecule has 8 N–H and O–H groups in total. The summed E-state index contributed by atoms with van der Waals surface area (Å²) in [6, 6.07) is 8.15. The molecule has 2 aromatic carbocycles. The standard InChI is InChI=1S/C31H41BF3N5O4/c1-32-25-12-19(2-6-20(25)17-44-32)13-28(41)27(10-5-18-3-7-21(8-4-18)31(33,34)35)40-30(43)26(38)9-11-29(42)39-24-15-22(36)14-23(37)16-24/h2-4,6-8,12,22-24,26-27H,5,9-11,13-17,36-38H2,1H3,(H,39,42)(H,40,43)/t22-,23+,24?,26-,27+/m0/s1. The van der Waals surface area contributed by atoms with Crippen LogP contribution in [-0.4, -0.2) is 54.7 Å². The zero-order valence-electron chi connectivity index (χ0n) is 24.9. The van der Waals surface area contributed by atoms with E-state index in [0.29, 0.717) is 31.4 Å². The molecule has 9 nitrogen and oxygen atoms in total. The highest BCUT2D eigenvalue weighted by molar-refractivity contribution is 6.67. The van der Waals surface area contributed by atoms with Crippen molar-refractivity contribution in [2.45, 2.75) is 101 Å². The van der Waals surface area contributed by atoms with E-state index in [9.17, 15) is 27.6 Å². The van der Waals surface area contributed by atoms with Crippen LogP contribution in [0.5, 0.6) is 0 Å². The molecule has 0 spiro atoms. The highest BCUT2D eigenvalue weighted by Gasteiger charge is 2.31. The Morgan fingerprint density at radius 2 is 1.66 bits per heavy atom. The molecule has 2 aliphatic rings. The Kier molecular flexibility index (Phi) is 11.2. The second-order valence-electron chi connectivity index (χ2n) is 12.1. The molecular formula is C31H41BF3N5O4. The predicted molar refractivity (Wildman–Crippen MR) is 162 cm³/mol. The number of Topliss-reactive ketones (excluding diaryl/α,β-unsaturated/α-hetero) is 1. The first-order valence-corrected chi connectivity index (χ1v) is 15.1. The number of carbonyl (C=O) groups is 3. The fourth-order valence-electron chi connectivity index (χ4n) is 5.90. The zero-order valence-corrected chi connectivity index (χ0v) is 24.9. The smallest absolute Gasteiger partial charge is 0.416 e. The summed E-state index contributed by atoms with van der Waals surface area (Å²) in [6.45, 7) is 2.36. The number of hydrogen-bond donors (Lipinski definition) is 5. The first-order valence-electron chi connectivity index (χ1n) is 15.1. The van der Waals surface area contributed by atoms with Crippen LogP contribution in [0.4, 0.5) is 13.2 Å². The van der Waals surface area contributed by atoms with Crippen molar-refractivity contribution in [2.24, 2.45) is 17.2 Å². The number of fused-ring (bicyclic) bond motifs is 1. The third-order valence-corrected chi connectivity index (χ3v) is 8.39. The Morgan fingerprint density at radius 1 is 1.00 bits per heavy atom. The van der Waals surface area contributed by atoms with E-state index in [1.54, 1.807) is 0 Å². The van der Waals surface area contributed by atoms with Crippen LogP contribution in [0.2, 0.25) is 6.82 Å². The molecule has 1 fully saturated rings. The lowest BCUT2D eigenvalue weighted by molar-refractivity contribution is -0.137. The van der Waals surface area contributed by atoms with E-state index in [1.807, 2.05) is 25.0 Å². The molecule has 0 saturated heterocycles. The lowest BCUT2D eigenvalue weighted by atomic mass is 9.64. The van der Waals surface area contributed by atoms with Crippen molar-refractivity contribution in [3.05, 3.63) is 64.7 Å². The predicted octanol–water partition coefficient (Wildman–Crippen LogP) is 1.72. The average molecular weight is 616 g/mol. The number of amides is 2. The van der Waals surface area contributed by atoms with Gasteiger partial charge < -0.3 is 32.5 Å². The van der Waals surface area contributed by atoms with Crippen LogP contribution in [0, 0.1) is 0 Å². The van der Waals surface area contributed by atoms with Crippen molar-refractivity contribution >= 4 is 30.0 Å². The van der Waals surface area contributed by atoms with E-state index in [-0.39, 0.29) is 68.8 Å². The van der Waals surface area contributed by atoms with Crippen molar-refractivity contribution in [2.75, 3.05) is 0 Å². The molecule has 5 atom stereocenters. The summed E-state index contributed by atoms with van der Waals surface area (Å²) in [5.41, 5.74) is 20.8. The van der Waals surface area contributed by atoms with Crippen molar-refractivity contribution < 1.29 is 32.2 Å². The van der Waals surface area contributed by atoms with Gasteiger partial charge in [0.2, 0.25) is 11.8 Å². The fraction of sp³-hybridized carbons (Fsp3) is 0.516. The van der Waals surface area contributed by atoms with Crippen molar-refractivity contribution in [1.82, 2.24) is 10.6 Å². The topological polar surface area (TPSA) is 163 Å². The second kappa shape index (κ2) is 14.7. The van der Waals surface area contributed by atoms with Gasteiger partial charge >= 0.3 is 13.1 Å². The maximum absolute atomic E-state index is 13.5. The number of carbonyl (C=O) groups excluding carboxylic acids is 3. The Hall–Kier alpha value is -3.26. The largest absolute Gasteiger partial charge is 0.427 e. The molecule has 1 aliphatic carbocycles. The average Bonchev–Trinajstić information content (AvgIpc) is 3.32. The Labute approximate surface area is 255 Å². The summed E-state index contributed by atoms with van der Waals surface area (Å²) in [7, 11) is 0. The molecule has 2 aromatic rings. The number of rotatable bonds is 12. The van der Waals surface area contributed by atoms with E-state index in [0.717, 1.165) is 28.7 Å². The molecule has 4 rings (SSSR count). The fourth-order valence-corrected chi connectivity index (χ4v) is 5.90. The molecule has 0 aromatic heterocycles. The number of ketones is 1.